The first-order chi connectivity index (χ1) is 36.2. The quantitative estimate of drug-likeness (QED) is 0.0197. The highest BCUT2D eigenvalue weighted by atomic mass is 31.2. The van der Waals surface area contributed by atoms with Gasteiger partial charge < -0.3 is 24.2 Å². The SMILES string of the molecule is CC/C=C\C/C=C\C/C=C\C/C=C\C/C=C\CC(=O)OC(CO)COP(=O)(O)OCC(COC(=O)CCCCCCCCCCCCCCCCCCC)OC(=O)C/C=C\C/C=C\C/C=C\C/C=C\C/C=C\CC. The summed E-state index contributed by atoms with van der Waals surface area (Å²) in [6.45, 7) is 4.19. The molecule has 0 saturated heterocycles. The zero-order valence-corrected chi connectivity index (χ0v) is 47.2. The first-order valence-electron chi connectivity index (χ1n) is 28.4. The minimum Gasteiger partial charge on any atom is -0.462 e. The van der Waals surface area contributed by atoms with Gasteiger partial charge in [-0.2, -0.15) is 0 Å². The number of carbonyl (C=O) groups is 3. The molecular formula is C62H101O11P. The maximum absolute atomic E-state index is 12.9. The molecule has 0 radical (unpaired) electrons. The zero-order chi connectivity index (χ0) is 54.1. The van der Waals surface area contributed by atoms with E-state index >= 15 is 0 Å². The summed E-state index contributed by atoms with van der Waals surface area (Å²) < 4.78 is 39.2. The molecule has 12 heteroatoms. The minimum absolute atomic E-state index is 0.0673. The maximum atomic E-state index is 12.9. The number of phosphoric ester groups is 1. The van der Waals surface area contributed by atoms with Crippen molar-refractivity contribution in [3.05, 3.63) is 122 Å². The number of unbranched alkanes of at least 4 members (excludes halogenated alkanes) is 16. The number of carbonyl (C=O) groups excluding carboxylic acids is 3. The van der Waals surface area contributed by atoms with Crippen LogP contribution in [0.1, 0.15) is 213 Å². The zero-order valence-electron chi connectivity index (χ0n) is 46.3. The highest BCUT2D eigenvalue weighted by Crippen LogP contribution is 2.43. The van der Waals surface area contributed by atoms with Gasteiger partial charge in [-0.15, -0.1) is 0 Å². The molecule has 0 bridgehead atoms. The summed E-state index contributed by atoms with van der Waals surface area (Å²) in [4.78, 5) is 48.4. The smallest absolute Gasteiger partial charge is 0.462 e. The standard InChI is InChI=1S/C62H101O11P/c1-4-7-10-13-16-19-22-25-28-29-32-33-36-39-42-45-48-51-60(64)69-55-59(73-62(66)53-50-47-44-41-38-35-31-27-24-21-18-15-12-9-6-3)57-71-74(67,68)70-56-58(54-63)72-61(65)52-49-46-43-40-37-34-30-26-23-20-17-14-11-8-5-2/h8-9,11-12,17-18,20-21,26-27,30-31,37-38,40-41,46-47,49-50,58-59,63H,4-7,10,13-16,19,22-25,28-29,32-36,39,42-45,48,51-57H2,1-3H3,(H,67,68)/b11-8-,12-9-,20-17-,21-18-,30-26-,31-27-,40-37-,41-38-,49-46-,50-47-. The van der Waals surface area contributed by atoms with Gasteiger partial charge in [0.1, 0.15) is 12.7 Å². The van der Waals surface area contributed by atoms with Crippen molar-refractivity contribution in [2.75, 3.05) is 26.4 Å². The predicted octanol–water partition coefficient (Wildman–Crippen LogP) is 16.8. The molecule has 0 heterocycles. The molecule has 0 spiro atoms. The third-order valence-electron chi connectivity index (χ3n) is 11.4. The Labute approximate surface area is 449 Å². The van der Waals surface area contributed by atoms with Crippen LogP contribution in [0.3, 0.4) is 0 Å². The van der Waals surface area contributed by atoms with Gasteiger partial charge in [0.05, 0.1) is 32.7 Å². The maximum Gasteiger partial charge on any atom is 0.472 e. The average molecular weight is 1050 g/mol. The van der Waals surface area contributed by atoms with Crippen LogP contribution in [0.25, 0.3) is 0 Å². The van der Waals surface area contributed by atoms with Gasteiger partial charge in [-0.1, -0.05) is 245 Å². The monoisotopic (exact) mass is 1050 g/mol. The van der Waals surface area contributed by atoms with Crippen molar-refractivity contribution in [2.24, 2.45) is 0 Å². The van der Waals surface area contributed by atoms with Crippen molar-refractivity contribution < 1.29 is 52.2 Å². The Balaban J connectivity index is 4.90. The number of ether oxygens (including phenoxy) is 3. The Bertz CT molecular complexity index is 1700. The van der Waals surface area contributed by atoms with Gasteiger partial charge in [-0.05, 0) is 70.6 Å². The molecule has 0 aliphatic carbocycles. The van der Waals surface area contributed by atoms with E-state index in [-0.39, 0.29) is 25.9 Å². The molecule has 2 N–H and O–H groups in total. The lowest BCUT2D eigenvalue weighted by Gasteiger charge is -2.21. The summed E-state index contributed by atoms with van der Waals surface area (Å²) in [6, 6.07) is 0. The molecule has 3 atom stereocenters. The molecule has 0 aliphatic heterocycles. The lowest BCUT2D eigenvalue weighted by molar-refractivity contribution is -0.160. The van der Waals surface area contributed by atoms with Crippen molar-refractivity contribution in [2.45, 2.75) is 226 Å². The first kappa shape index (κ1) is 69.9. The van der Waals surface area contributed by atoms with E-state index in [0.717, 1.165) is 70.6 Å². The molecule has 0 amide bonds. The van der Waals surface area contributed by atoms with Gasteiger partial charge in [0.25, 0.3) is 0 Å². The molecule has 3 unspecified atom stereocenters. The summed E-state index contributed by atoms with van der Waals surface area (Å²) in [5.74, 6) is -1.76. The number of hydrogen-bond acceptors (Lipinski definition) is 10. The van der Waals surface area contributed by atoms with Crippen LogP contribution in [0.15, 0.2) is 122 Å². The fourth-order valence-corrected chi connectivity index (χ4v) is 8.00. The summed E-state index contributed by atoms with van der Waals surface area (Å²) in [6.07, 6.45) is 68.0. The van der Waals surface area contributed by atoms with Gasteiger partial charge >= 0.3 is 25.7 Å². The van der Waals surface area contributed by atoms with E-state index in [1.54, 1.807) is 12.2 Å². The molecule has 0 aromatic carbocycles. The van der Waals surface area contributed by atoms with E-state index in [1.165, 1.54) is 83.5 Å². The second-order valence-corrected chi connectivity index (χ2v) is 19.8. The van der Waals surface area contributed by atoms with E-state index in [9.17, 15) is 28.9 Å². The Kier molecular flexibility index (Phi) is 52.1. The van der Waals surface area contributed by atoms with Gasteiger partial charge in [-0.3, -0.25) is 23.4 Å². The Morgan fingerprint density at radius 1 is 0.392 bits per heavy atom. The molecule has 0 aromatic heterocycles. The lowest BCUT2D eigenvalue weighted by atomic mass is 10.0. The van der Waals surface area contributed by atoms with Gasteiger partial charge in [0.15, 0.2) is 6.10 Å². The molecule has 0 fully saturated rings. The summed E-state index contributed by atoms with van der Waals surface area (Å²) in [7, 11) is -4.80. The third kappa shape index (κ3) is 52.7. The van der Waals surface area contributed by atoms with E-state index < -0.39 is 57.8 Å². The van der Waals surface area contributed by atoms with Crippen LogP contribution in [-0.2, 0) is 42.2 Å². The van der Waals surface area contributed by atoms with Gasteiger partial charge in [0, 0.05) is 6.42 Å². The van der Waals surface area contributed by atoms with E-state index in [1.807, 2.05) is 36.5 Å². The number of hydrogen-bond donors (Lipinski definition) is 2. The minimum atomic E-state index is -4.80. The Hall–Kier alpha value is -4.12. The molecule has 0 aromatic rings. The van der Waals surface area contributed by atoms with Crippen molar-refractivity contribution in [3.63, 3.8) is 0 Å². The summed E-state index contributed by atoms with van der Waals surface area (Å²) in [5.41, 5.74) is 0. The second kappa shape index (κ2) is 55.1. The van der Waals surface area contributed by atoms with E-state index in [4.69, 9.17) is 23.3 Å². The highest BCUT2D eigenvalue weighted by Gasteiger charge is 2.28. The Morgan fingerprint density at radius 3 is 1.03 bits per heavy atom. The molecular weight excluding hydrogens is 952 g/mol. The lowest BCUT2D eigenvalue weighted by Crippen LogP contribution is -2.30. The molecule has 0 saturated carbocycles. The number of rotatable bonds is 51. The van der Waals surface area contributed by atoms with Crippen LogP contribution < -0.4 is 0 Å². The number of esters is 3. The number of aliphatic hydroxyl groups excluding tert-OH is 1. The van der Waals surface area contributed by atoms with Gasteiger partial charge in [-0.25, -0.2) is 4.57 Å². The largest absolute Gasteiger partial charge is 0.472 e. The second-order valence-electron chi connectivity index (χ2n) is 18.4. The topological polar surface area (TPSA) is 155 Å². The van der Waals surface area contributed by atoms with Crippen LogP contribution >= 0.6 is 7.82 Å². The van der Waals surface area contributed by atoms with E-state index in [0.29, 0.717) is 19.3 Å². The van der Waals surface area contributed by atoms with Crippen LogP contribution in [0.5, 0.6) is 0 Å². The van der Waals surface area contributed by atoms with Crippen molar-refractivity contribution >= 4 is 25.7 Å². The van der Waals surface area contributed by atoms with Crippen LogP contribution in [0.2, 0.25) is 0 Å². The summed E-state index contributed by atoms with van der Waals surface area (Å²) >= 11 is 0. The average Bonchev–Trinajstić information content (AvgIpc) is 3.39. The van der Waals surface area contributed by atoms with Crippen LogP contribution in [0, 0.1) is 0 Å². The predicted molar refractivity (Wildman–Crippen MR) is 306 cm³/mol. The summed E-state index contributed by atoms with van der Waals surface area (Å²) in [5, 5.41) is 9.78. The van der Waals surface area contributed by atoms with Crippen LogP contribution in [-0.4, -0.2) is 66.5 Å². The van der Waals surface area contributed by atoms with Gasteiger partial charge in [0.2, 0.25) is 0 Å². The Morgan fingerprint density at radius 2 is 0.689 bits per heavy atom. The third-order valence-corrected chi connectivity index (χ3v) is 12.4. The molecule has 74 heavy (non-hydrogen) atoms. The molecule has 11 nitrogen and oxygen atoms in total. The van der Waals surface area contributed by atoms with Crippen LogP contribution in [0.4, 0.5) is 0 Å². The highest BCUT2D eigenvalue weighted by molar-refractivity contribution is 7.47. The normalized spacial score (nSPS) is 14.3. The number of allylic oxidation sites excluding steroid dienone is 18. The number of aliphatic hydroxyl groups is 1. The van der Waals surface area contributed by atoms with Crippen molar-refractivity contribution in [1.82, 2.24) is 0 Å². The van der Waals surface area contributed by atoms with E-state index in [2.05, 4.69) is 93.7 Å². The van der Waals surface area contributed by atoms with Crippen molar-refractivity contribution in [1.29, 1.82) is 0 Å². The number of phosphoric acid groups is 1. The first-order valence-corrected chi connectivity index (χ1v) is 29.9. The van der Waals surface area contributed by atoms with Crippen molar-refractivity contribution in [3.8, 4) is 0 Å². The molecule has 0 rings (SSSR count). The fourth-order valence-electron chi connectivity index (χ4n) is 7.21. The molecule has 420 valence electrons. The molecule has 0 aliphatic rings. The fraction of sp³-hybridized carbons (Fsp3) is 0.629.